The van der Waals surface area contributed by atoms with E-state index in [0.29, 0.717) is 40.4 Å². The molecule has 0 bridgehead atoms. The molecule has 0 aliphatic heterocycles. The molecule has 3 aromatic carbocycles. The maximum atomic E-state index is 13.4. The second-order valence-electron chi connectivity index (χ2n) is 8.59. The summed E-state index contributed by atoms with van der Waals surface area (Å²) in [6.07, 6.45) is 4.51. The van der Waals surface area contributed by atoms with Crippen molar-refractivity contribution in [3.8, 4) is 0 Å². The Kier molecular flexibility index (Phi) is 8.15. The van der Waals surface area contributed by atoms with Crippen LogP contribution in [0.2, 0.25) is 5.02 Å². The second-order valence-corrected chi connectivity index (χ2v) is 9.02. The number of ketones is 1. The molecule has 0 fully saturated rings. The zero-order valence-electron chi connectivity index (χ0n) is 20.1. The molecule has 1 aliphatic rings. The number of anilines is 2. The van der Waals surface area contributed by atoms with Crippen molar-refractivity contribution in [1.82, 2.24) is 0 Å². The van der Waals surface area contributed by atoms with Gasteiger partial charge < -0.3 is 15.4 Å². The smallest absolute Gasteiger partial charge is 0.337 e. The number of esters is 1. The van der Waals surface area contributed by atoms with Crippen LogP contribution < -0.4 is 10.6 Å². The third kappa shape index (κ3) is 6.13. The number of nitrogens with one attached hydrogen (secondary N) is 2. The van der Waals surface area contributed by atoms with Crippen molar-refractivity contribution in [3.63, 3.8) is 0 Å². The van der Waals surface area contributed by atoms with E-state index in [1.165, 1.54) is 13.2 Å². The van der Waals surface area contributed by atoms with Crippen molar-refractivity contribution in [2.24, 2.45) is 11.8 Å². The van der Waals surface area contributed by atoms with Crippen LogP contribution in [-0.2, 0) is 14.3 Å². The van der Waals surface area contributed by atoms with Gasteiger partial charge in [-0.1, -0.05) is 54.1 Å². The maximum Gasteiger partial charge on any atom is 0.337 e. The van der Waals surface area contributed by atoms with Gasteiger partial charge in [-0.05, 0) is 55.3 Å². The number of benzene rings is 3. The highest BCUT2D eigenvalue weighted by molar-refractivity contribution is 6.31. The molecular formula is C29H25ClN2O5. The number of amides is 2. The summed E-state index contributed by atoms with van der Waals surface area (Å²) in [6, 6.07) is 19.7. The van der Waals surface area contributed by atoms with Crippen molar-refractivity contribution in [2.75, 3.05) is 17.7 Å². The fourth-order valence-corrected chi connectivity index (χ4v) is 4.39. The molecule has 0 heterocycles. The molecule has 0 aromatic heterocycles. The molecule has 3 aromatic rings. The molecular weight excluding hydrogens is 492 g/mol. The van der Waals surface area contributed by atoms with Gasteiger partial charge in [-0.2, -0.15) is 0 Å². The zero-order chi connectivity index (χ0) is 26.4. The van der Waals surface area contributed by atoms with Crippen LogP contribution in [0.3, 0.4) is 0 Å². The molecule has 2 N–H and O–H groups in total. The fraction of sp³-hybridized carbons (Fsp3) is 0.172. The lowest BCUT2D eigenvalue weighted by Crippen LogP contribution is -2.37. The van der Waals surface area contributed by atoms with Gasteiger partial charge in [-0.15, -0.1) is 0 Å². The number of allylic oxidation sites excluding steroid dienone is 2. The van der Waals surface area contributed by atoms with Crippen LogP contribution in [0.1, 0.15) is 39.1 Å². The van der Waals surface area contributed by atoms with Gasteiger partial charge in [0.2, 0.25) is 11.8 Å². The van der Waals surface area contributed by atoms with Gasteiger partial charge in [0.25, 0.3) is 0 Å². The molecule has 0 radical (unpaired) electrons. The van der Waals surface area contributed by atoms with E-state index in [0.717, 1.165) is 0 Å². The minimum Gasteiger partial charge on any atom is -0.465 e. The number of halogens is 1. The van der Waals surface area contributed by atoms with Crippen LogP contribution >= 0.6 is 11.6 Å². The van der Waals surface area contributed by atoms with Gasteiger partial charge >= 0.3 is 5.97 Å². The quantitative estimate of drug-likeness (QED) is 0.245. The van der Waals surface area contributed by atoms with Crippen LogP contribution in [-0.4, -0.2) is 30.7 Å². The molecule has 7 nitrogen and oxygen atoms in total. The summed E-state index contributed by atoms with van der Waals surface area (Å²) < 4.78 is 4.69. The Balaban J connectivity index is 1.51. The first-order chi connectivity index (χ1) is 17.9. The Bertz CT molecular complexity index is 1350. The summed E-state index contributed by atoms with van der Waals surface area (Å²) in [5.74, 6) is -2.69. The predicted molar refractivity (Wildman–Crippen MR) is 142 cm³/mol. The van der Waals surface area contributed by atoms with E-state index in [2.05, 4.69) is 15.4 Å². The Labute approximate surface area is 219 Å². The molecule has 2 atom stereocenters. The Morgan fingerprint density at radius 3 is 2.03 bits per heavy atom. The highest BCUT2D eigenvalue weighted by Gasteiger charge is 2.34. The lowest BCUT2D eigenvalue weighted by molar-refractivity contribution is -0.129. The lowest BCUT2D eigenvalue weighted by atomic mass is 9.81. The van der Waals surface area contributed by atoms with Gasteiger partial charge in [0.15, 0.2) is 5.78 Å². The van der Waals surface area contributed by atoms with Crippen LogP contribution in [0, 0.1) is 11.8 Å². The number of carbonyl (C=O) groups excluding carboxylic acids is 4. The summed E-state index contributed by atoms with van der Waals surface area (Å²) in [4.78, 5) is 51.3. The number of carbonyl (C=O) groups is 4. The fourth-order valence-electron chi connectivity index (χ4n) is 4.22. The topological polar surface area (TPSA) is 102 Å². The van der Waals surface area contributed by atoms with E-state index < -0.39 is 17.8 Å². The van der Waals surface area contributed by atoms with Gasteiger partial charge in [0.1, 0.15) is 0 Å². The van der Waals surface area contributed by atoms with Gasteiger partial charge in [0.05, 0.1) is 30.2 Å². The van der Waals surface area contributed by atoms with Crippen molar-refractivity contribution in [2.45, 2.75) is 12.8 Å². The van der Waals surface area contributed by atoms with E-state index in [1.807, 2.05) is 18.2 Å². The van der Waals surface area contributed by atoms with E-state index >= 15 is 0 Å². The lowest BCUT2D eigenvalue weighted by Gasteiger charge is -2.27. The summed E-state index contributed by atoms with van der Waals surface area (Å²) in [7, 11) is 1.30. The average Bonchev–Trinajstić information content (AvgIpc) is 2.94. The highest BCUT2D eigenvalue weighted by Crippen LogP contribution is 2.30. The van der Waals surface area contributed by atoms with Crippen LogP contribution in [0.25, 0.3) is 0 Å². The molecule has 0 spiro atoms. The van der Waals surface area contributed by atoms with Crippen LogP contribution in [0.5, 0.6) is 0 Å². The zero-order valence-corrected chi connectivity index (χ0v) is 20.8. The molecule has 2 amide bonds. The van der Waals surface area contributed by atoms with E-state index in [-0.39, 0.29) is 23.2 Å². The molecule has 4 rings (SSSR count). The molecule has 37 heavy (non-hydrogen) atoms. The standard InChI is InChI=1S/C29H25ClN2O5/c1-37-29(36)19-11-14-21(15-12-19)31-27(34)22-9-5-6-10-23(22)28(35)32-25-16-13-20(30)17-24(25)26(33)18-7-3-2-4-8-18/h2-8,11-17,22-23H,9-10H2,1H3,(H,31,34)(H,32,35). The maximum absolute atomic E-state index is 13.4. The largest absolute Gasteiger partial charge is 0.465 e. The van der Waals surface area contributed by atoms with Crippen molar-refractivity contribution >= 4 is 46.5 Å². The van der Waals surface area contributed by atoms with Crippen molar-refractivity contribution < 1.29 is 23.9 Å². The minimum atomic E-state index is -0.644. The average molecular weight is 517 g/mol. The predicted octanol–water partition coefficient (Wildman–Crippen LogP) is 5.52. The molecule has 0 saturated carbocycles. The van der Waals surface area contributed by atoms with E-state index in [1.54, 1.807) is 60.7 Å². The number of rotatable bonds is 7. The third-order valence-electron chi connectivity index (χ3n) is 6.20. The van der Waals surface area contributed by atoms with Gasteiger partial charge in [0, 0.05) is 21.8 Å². The second kappa shape index (κ2) is 11.7. The molecule has 8 heteroatoms. The van der Waals surface area contributed by atoms with Crippen LogP contribution in [0.15, 0.2) is 84.9 Å². The van der Waals surface area contributed by atoms with E-state index in [4.69, 9.17) is 11.6 Å². The summed E-state index contributed by atoms with van der Waals surface area (Å²) in [6.45, 7) is 0. The van der Waals surface area contributed by atoms with Crippen molar-refractivity contribution in [1.29, 1.82) is 0 Å². The monoisotopic (exact) mass is 516 g/mol. The summed E-state index contributed by atoms with van der Waals surface area (Å²) >= 11 is 6.16. The molecule has 0 saturated heterocycles. The number of methoxy groups -OCH3 is 1. The highest BCUT2D eigenvalue weighted by atomic mass is 35.5. The number of ether oxygens (including phenoxy) is 1. The number of hydrogen-bond donors (Lipinski definition) is 2. The summed E-state index contributed by atoms with van der Waals surface area (Å²) in [5.41, 5.74) is 1.93. The number of hydrogen-bond acceptors (Lipinski definition) is 5. The normalized spacial score (nSPS) is 16.5. The van der Waals surface area contributed by atoms with Crippen molar-refractivity contribution in [3.05, 3.63) is 107 Å². The first-order valence-electron chi connectivity index (χ1n) is 11.7. The van der Waals surface area contributed by atoms with Crippen LogP contribution in [0.4, 0.5) is 11.4 Å². The van der Waals surface area contributed by atoms with E-state index in [9.17, 15) is 19.2 Å². The SMILES string of the molecule is COC(=O)c1ccc(NC(=O)C2CC=CCC2C(=O)Nc2ccc(Cl)cc2C(=O)c2ccccc2)cc1. The Morgan fingerprint density at radius 2 is 1.41 bits per heavy atom. The summed E-state index contributed by atoms with van der Waals surface area (Å²) in [5, 5.41) is 6.04. The Hall–Kier alpha value is -4.23. The first kappa shape index (κ1) is 25.9. The first-order valence-corrected chi connectivity index (χ1v) is 12.1. The Morgan fingerprint density at radius 1 is 0.784 bits per heavy atom. The minimum absolute atomic E-state index is 0.269. The molecule has 188 valence electrons. The third-order valence-corrected chi connectivity index (χ3v) is 6.43. The molecule has 2 unspecified atom stereocenters. The van der Waals surface area contributed by atoms with Gasteiger partial charge in [-0.25, -0.2) is 4.79 Å². The molecule has 1 aliphatic carbocycles. The van der Waals surface area contributed by atoms with Gasteiger partial charge in [-0.3, -0.25) is 14.4 Å².